The minimum atomic E-state index is -3.09. The smallest absolute Gasteiger partial charge is 0.217 e. The van der Waals surface area contributed by atoms with Crippen molar-refractivity contribution in [2.45, 2.75) is 23.4 Å². The van der Waals surface area contributed by atoms with Crippen molar-refractivity contribution in [2.24, 2.45) is 0 Å². The summed E-state index contributed by atoms with van der Waals surface area (Å²) in [6, 6.07) is 0. The molecule has 2 fully saturated rings. The van der Waals surface area contributed by atoms with Crippen LogP contribution in [0.5, 0.6) is 0 Å². The molecular weight excluding hydrogens is 178 g/mol. The van der Waals surface area contributed by atoms with Gasteiger partial charge < -0.3 is 4.74 Å². The van der Waals surface area contributed by atoms with Crippen LogP contribution in [0.15, 0.2) is 12.2 Å². The van der Waals surface area contributed by atoms with E-state index in [0.717, 1.165) is 0 Å². The molecule has 3 aliphatic rings. The largest absolute Gasteiger partial charge is 0.361 e. The number of nitrogens with one attached hydrogen (secondary N) is 1. The molecule has 12 heavy (non-hydrogen) atoms. The molecule has 3 aliphatic heterocycles. The predicted molar refractivity (Wildman–Crippen MR) is 42.1 cm³/mol. The molecule has 0 saturated carbocycles. The van der Waals surface area contributed by atoms with Gasteiger partial charge in [-0.1, -0.05) is 12.2 Å². The molecule has 2 bridgehead atoms. The molecule has 0 aliphatic carbocycles. The van der Waals surface area contributed by atoms with E-state index in [1.807, 2.05) is 12.2 Å². The summed E-state index contributed by atoms with van der Waals surface area (Å²) in [7, 11) is -3.09. The number of ether oxygens (including phenoxy) is 1. The maximum absolute atomic E-state index is 11.4. The van der Waals surface area contributed by atoms with E-state index in [1.165, 1.54) is 0 Å². The third-order valence-electron chi connectivity index (χ3n) is 2.88. The fourth-order valence-corrected chi connectivity index (χ4v) is 4.08. The van der Waals surface area contributed by atoms with Gasteiger partial charge >= 0.3 is 0 Å². The molecular formula is C7H9NO3S. The Balaban J connectivity index is 2.16. The molecule has 0 aromatic rings. The van der Waals surface area contributed by atoms with Crippen LogP contribution < -0.4 is 4.72 Å². The molecule has 66 valence electrons. The van der Waals surface area contributed by atoms with Crippen LogP contribution in [-0.4, -0.2) is 31.9 Å². The average molecular weight is 187 g/mol. The Morgan fingerprint density at radius 2 is 2.42 bits per heavy atom. The molecule has 0 amide bonds. The van der Waals surface area contributed by atoms with E-state index in [0.29, 0.717) is 13.0 Å². The molecule has 0 aromatic heterocycles. The van der Waals surface area contributed by atoms with Crippen LogP contribution in [0.3, 0.4) is 0 Å². The fourth-order valence-electron chi connectivity index (χ4n) is 2.27. The van der Waals surface area contributed by atoms with Crippen molar-refractivity contribution in [3.8, 4) is 0 Å². The summed E-state index contributed by atoms with van der Waals surface area (Å²) in [5.41, 5.74) is -0.524. The fraction of sp³-hybridized carbons (Fsp3) is 0.714. The number of hydrogen-bond acceptors (Lipinski definition) is 3. The molecule has 4 nitrogen and oxygen atoms in total. The summed E-state index contributed by atoms with van der Waals surface area (Å²) in [4.78, 5) is 0. The average Bonchev–Trinajstić information content (AvgIpc) is 2.62. The van der Waals surface area contributed by atoms with Gasteiger partial charge in [0.25, 0.3) is 0 Å². The van der Waals surface area contributed by atoms with Gasteiger partial charge in [0, 0.05) is 6.54 Å². The van der Waals surface area contributed by atoms with Crippen molar-refractivity contribution in [2.75, 3.05) is 6.54 Å². The molecule has 0 radical (unpaired) electrons. The number of fused-ring (bicyclic) bond motifs is 1. The highest BCUT2D eigenvalue weighted by molar-refractivity contribution is 7.90. The Hall–Kier alpha value is -0.390. The van der Waals surface area contributed by atoms with E-state index in [4.69, 9.17) is 4.74 Å². The third kappa shape index (κ3) is 0.631. The van der Waals surface area contributed by atoms with Gasteiger partial charge in [0.1, 0.15) is 10.9 Å². The van der Waals surface area contributed by atoms with Crippen molar-refractivity contribution in [1.82, 2.24) is 4.72 Å². The zero-order valence-electron chi connectivity index (χ0n) is 6.36. The predicted octanol–water partition coefficient (Wildman–Crippen LogP) is -0.615. The lowest BCUT2D eigenvalue weighted by atomic mass is 9.95. The maximum atomic E-state index is 11.4. The first-order valence-corrected chi connectivity index (χ1v) is 5.53. The second kappa shape index (κ2) is 1.76. The van der Waals surface area contributed by atoms with Gasteiger partial charge in [0.05, 0.1) is 6.10 Å². The molecule has 2 saturated heterocycles. The van der Waals surface area contributed by atoms with Gasteiger partial charge in [-0.3, -0.25) is 0 Å². The molecule has 0 unspecified atom stereocenters. The summed E-state index contributed by atoms with van der Waals surface area (Å²) in [6.45, 7) is 0.410. The Labute approximate surface area is 70.6 Å². The number of rotatable bonds is 0. The van der Waals surface area contributed by atoms with Crippen molar-refractivity contribution in [3.05, 3.63) is 12.2 Å². The quantitative estimate of drug-likeness (QED) is 0.514. The standard InChI is InChI=1S/C7H9NO3S/c9-12(10)6-3-5-1-2-7(6,11-5)4-8-12/h1-2,5-6,8H,3-4H2/t5-,6-,7-/m1/s1. The summed E-state index contributed by atoms with van der Waals surface area (Å²) in [5, 5.41) is -0.347. The monoisotopic (exact) mass is 187 g/mol. The van der Waals surface area contributed by atoms with E-state index >= 15 is 0 Å². The zero-order chi connectivity index (χ0) is 8.40. The highest BCUT2D eigenvalue weighted by atomic mass is 32.2. The van der Waals surface area contributed by atoms with Gasteiger partial charge in [-0.25, -0.2) is 13.1 Å². The van der Waals surface area contributed by atoms with E-state index in [-0.39, 0.29) is 11.4 Å². The second-order valence-electron chi connectivity index (χ2n) is 3.56. The van der Waals surface area contributed by atoms with Crippen LogP contribution in [-0.2, 0) is 14.8 Å². The van der Waals surface area contributed by atoms with Gasteiger partial charge in [0.15, 0.2) is 0 Å². The molecule has 3 atom stereocenters. The first-order chi connectivity index (χ1) is 5.62. The summed E-state index contributed by atoms with van der Waals surface area (Å²) < 4.78 is 30.9. The van der Waals surface area contributed by atoms with Crippen molar-refractivity contribution in [3.63, 3.8) is 0 Å². The zero-order valence-corrected chi connectivity index (χ0v) is 7.17. The molecule has 0 aromatic carbocycles. The van der Waals surface area contributed by atoms with Crippen LogP contribution >= 0.6 is 0 Å². The van der Waals surface area contributed by atoms with Crippen LogP contribution in [0.4, 0.5) is 0 Å². The van der Waals surface area contributed by atoms with Gasteiger partial charge in [-0.05, 0) is 6.42 Å². The Morgan fingerprint density at radius 3 is 3.08 bits per heavy atom. The summed E-state index contributed by atoms with van der Waals surface area (Å²) in [6.07, 6.45) is 4.50. The third-order valence-corrected chi connectivity index (χ3v) is 4.77. The molecule has 3 rings (SSSR count). The summed E-state index contributed by atoms with van der Waals surface area (Å²) >= 11 is 0. The second-order valence-corrected chi connectivity index (χ2v) is 5.51. The molecule has 1 N–H and O–H groups in total. The number of hydrogen-bond donors (Lipinski definition) is 1. The van der Waals surface area contributed by atoms with Crippen LogP contribution in [0.2, 0.25) is 0 Å². The molecule has 5 heteroatoms. The molecule has 1 spiro atoms. The highest BCUT2D eigenvalue weighted by Gasteiger charge is 2.60. The van der Waals surface area contributed by atoms with Crippen molar-refractivity contribution in [1.29, 1.82) is 0 Å². The SMILES string of the molecule is O=S1(=O)NC[C@]23C=C[C@H](C[C@H]21)O3. The first-order valence-electron chi connectivity index (χ1n) is 3.98. The maximum Gasteiger partial charge on any atom is 0.217 e. The van der Waals surface area contributed by atoms with Gasteiger partial charge in [-0.15, -0.1) is 0 Å². The lowest BCUT2D eigenvalue weighted by Crippen LogP contribution is -2.36. The van der Waals surface area contributed by atoms with Crippen LogP contribution in [0.1, 0.15) is 6.42 Å². The van der Waals surface area contributed by atoms with E-state index in [1.54, 1.807) is 0 Å². The van der Waals surface area contributed by atoms with E-state index < -0.39 is 15.6 Å². The first kappa shape index (κ1) is 7.06. The van der Waals surface area contributed by atoms with Gasteiger partial charge in [-0.2, -0.15) is 0 Å². The van der Waals surface area contributed by atoms with Crippen molar-refractivity contribution >= 4 is 10.0 Å². The van der Waals surface area contributed by atoms with Crippen molar-refractivity contribution < 1.29 is 13.2 Å². The van der Waals surface area contributed by atoms with Crippen LogP contribution in [0, 0.1) is 0 Å². The minimum Gasteiger partial charge on any atom is -0.361 e. The lowest BCUT2D eigenvalue weighted by Gasteiger charge is -2.18. The topological polar surface area (TPSA) is 55.4 Å². The van der Waals surface area contributed by atoms with E-state index in [2.05, 4.69) is 4.72 Å². The Morgan fingerprint density at radius 1 is 1.58 bits per heavy atom. The summed E-state index contributed by atoms with van der Waals surface area (Å²) in [5.74, 6) is 0. The van der Waals surface area contributed by atoms with Crippen LogP contribution in [0.25, 0.3) is 0 Å². The molecule has 3 heterocycles. The normalized spacial score (nSPS) is 53.0. The van der Waals surface area contributed by atoms with Gasteiger partial charge in [0.2, 0.25) is 10.0 Å². The number of sulfonamides is 1. The Kier molecular flexibility index (Phi) is 1.03. The lowest BCUT2D eigenvalue weighted by molar-refractivity contribution is 0.0428. The van der Waals surface area contributed by atoms with E-state index in [9.17, 15) is 8.42 Å². The Bertz CT molecular complexity index is 361. The minimum absolute atomic E-state index is 0.0341. The highest BCUT2D eigenvalue weighted by Crippen LogP contribution is 2.44.